The van der Waals surface area contributed by atoms with E-state index in [1.807, 2.05) is 39.8 Å². The monoisotopic (exact) mass is 692 g/mol. The first-order valence-corrected chi connectivity index (χ1v) is 18.2. The number of carbonyl (C=O) groups excluding carboxylic acids is 3. The van der Waals surface area contributed by atoms with Crippen LogP contribution >= 0.6 is 0 Å². The number of halogens is 1. The molecule has 10 nitrogen and oxygen atoms in total. The number of piperazine rings is 1. The molecule has 2 aromatic carbocycles. The van der Waals surface area contributed by atoms with Crippen molar-refractivity contribution in [2.75, 3.05) is 66.0 Å². The van der Waals surface area contributed by atoms with Crippen molar-refractivity contribution in [3.8, 4) is 0 Å². The Hall–Kier alpha value is -3.61. The SMILES string of the molecule is CC.CC.CN/N=C(/Cc1ccc(F)c(C(=O)N2CCN(C(=O)CN3CCC(OC4CCNCC4)CC3)CC2)c1)c1ccccc1C=O.[B]C. The van der Waals surface area contributed by atoms with E-state index in [4.69, 9.17) is 4.74 Å². The van der Waals surface area contributed by atoms with Gasteiger partial charge in [0.1, 0.15) is 5.82 Å². The van der Waals surface area contributed by atoms with E-state index in [0.29, 0.717) is 67.7 Å². The molecular weight excluding hydrogens is 634 g/mol. The lowest BCUT2D eigenvalue weighted by atomic mass is 9.97. The Morgan fingerprint density at radius 1 is 0.900 bits per heavy atom. The minimum Gasteiger partial charge on any atom is -0.375 e. The van der Waals surface area contributed by atoms with Crippen LogP contribution in [0.2, 0.25) is 6.82 Å². The lowest BCUT2D eigenvalue weighted by molar-refractivity contribution is -0.135. The van der Waals surface area contributed by atoms with Gasteiger partial charge in [0.15, 0.2) is 6.29 Å². The molecule has 2 aromatic rings. The molecule has 274 valence electrons. The van der Waals surface area contributed by atoms with Crippen molar-refractivity contribution in [3.05, 3.63) is 70.5 Å². The second kappa shape index (κ2) is 23.7. The van der Waals surface area contributed by atoms with Crippen LogP contribution in [-0.4, -0.2) is 125 Å². The lowest BCUT2D eigenvalue weighted by Crippen LogP contribution is -2.53. The van der Waals surface area contributed by atoms with Crippen LogP contribution in [0, 0.1) is 5.82 Å². The molecule has 12 heteroatoms. The maximum atomic E-state index is 14.9. The van der Waals surface area contributed by atoms with Gasteiger partial charge in [0.2, 0.25) is 5.91 Å². The van der Waals surface area contributed by atoms with Crippen molar-refractivity contribution in [1.29, 1.82) is 0 Å². The van der Waals surface area contributed by atoms with Gasteiger partial charge in [-0.15, -0.1) is 0 Å². The molecule has 0 aliphatic carbocycles. The third kappa shape index (κ3) is 12.6. The van der Waals surface area contributed by atoms with E-state index >= 15 is 0 Å². The van der Waals surface area contributed by atoms with Crippen molar-refractivity contribution in [3.63, 3.8) is 0 Å². The van der Waals surface area contributed by atoms with E-state index in [-0.39, 0.29) is 17.6 Å². The highest BCUT2D eigenvalue weighted by atomic mass is 19.1. The van der Waals surface area contributed by atoms with Crippen LogP contribution in [0.5, 0.6) is 0 Å². The molecule has 5 rings (SSSR count). The summed E-state index contributed by atoms with van der Waals surface area (Å²) in [6, 6.07) is 11.6. The minimum atomic E-state index is -0.592. The summed E-state index contributed by atoms with van der Waals surface area (Å²) in [4.78, 5) is 43.7. The van der Waals surface area contributed by atoms with Crippen LogP contribution in [0.15, 0.2) is 47.6 Å². The number of hydrogen-bond donors (Lipinski definition) is 2. The number of hydrogen-bond acceptors (Lipinski definition) is 8. The van der Waals surface area contributed by atoms with Gasteiger partial charge in [-0.2, -0.15) is 5.10 Å². The van der Waals surface area contributed by atoms with Crippen LogP contribution < -0.4 is 10.7 Å². The molecule has 2 N–H and O–H groups in total. The highest BCUT2D eigenvalue weighted by Crippen LogP contribution is 2.21. The smallest absolute Gasteiger partial charge is 0.256 e. The fraction of sp³-hybridized carbons (Fsp3) is 0.579. The minimum absolute atomic E-state index is 0.00987. The van der Waals surface area contributed by atoms with Crippen molar-refractivity contribution in [1.82, 2.24) is 25.4 Å². The summed E-state index contributed by atoms with van der Waals surface area (Å²) in [7, 11) is 6.17. The summed E-state index contributed by atoms with van der Waals surface area (Å²) < 4.78 is 21.2. The van der Waals surface area contributed by atoms with Gasteiger partial charge in [-0.1, -0.05) is 64.8 Å². The van der Waals surface area contributed by atoms with Crippen molar-refractivity contribution >= 4 is 31.7 Å². The highest BCUT2D eigenvalue weighted by molar-refractivity contribution is 6.07. The van der Waals surface area contributed by atoms with Crippen LogP contribution in [0.25, 0.3) is 0 Å². The topological polar surface area (TPSA) is 107 Å². The summed E-state index contributed by atoms with van der Waals surface area (Å²) in [5, 5.41) is 7.72. The number of benzene rings is 2. The number of hydrazone groups is 1. The molecule has 3 saturated heterocycles. The van der Waals surface area contributed by atoms with Gasteiger partial charge in [0, 0.05) is 63.9 Å². The number of rotatable bonds is 10. The third-order valence-electron chi connectivity index (χ3n) is 8.76. The molecule has 0 unspecified atom stereocenters. The molecule has 0 saturated carbocycles. The number of amides is 2. The average Bonchev–Trinajstić information content (AvgIpc) is 3.18. The Morgan fingerprint density at radius 3 is 2.12 bits per heavy atom. The molecule has 2 amide bonds. The van der Waals surface area contributed by atoms with Crippen LogP contribution in [0.4, 0.5) is 4.39 Å². The Kier molecular flexibility index (Phi) is 20.2. The van der Waals surface area contributed by atoms with Gasteiger partial charge < -0.3 is 25.3 Å². The maximum absolute atomic E-state index is 14.9. The first-order valence-electron chi connectivity index (χ1n) is 18.2. The van der Waals surface area contributed by atoms with Gasteiger partial charge in [-0.3, -0.25) is 19.3 Å². The zero-order valence-corrected chi connectivity index (χ0v) is 31.1. The first kappa shape index (κ1) is 42.6. The molecule has 0 spiro atoms. The quantitative estimate of drug-likeness (QED) is 0.163. The van der Waals surface area contributed by atoms with Crippen LogP contribution in [-0.2, 0) is 16.0 Å². The number of nitrogens with one attached hydrogen (secondary N) is 2. The van der Waals surface area contributed by atoms with Crippen LogP contribution in [0.3, 0.4) is 0 Å². The van der Waals surface area contributed by atoms with Gasteiger partial charge in [0.25, 0.3) is 5.91 Å². The molecule has 0 bridgehead atoms. The molecule has 3 aliphatic rings. The number of aldehydes is 1. The molecule has 2 radical (unpaired) electrons. The number of carbonyl (C=O) groups is 3. The van der Waals surface area contributed by atoms with Crippen molar-refractivity contribution in [2.24, 2.45) is 5.10 Å². The molecule has 3 fully saturated rings. The maximum Gasteiger partial charge on any atom is 0.256 e. The summed E-state index contributed by atoms with van der Waals surface area (Å²) >= 11 is 0. The predicted molar refractivity (Wildman–Crippen MR) is 201 cm³/mol. The highest BCUT2D eigenvalue weighted by Gasteiger charge is 2.29. The number of nitrogens with zero attached hydrogens (tertiary/aromatic N) is 4. The van der Waals surface area contributed by atoms with Crippen LogP contribution in [0.1, 0.15) is 85.2 Å². The summed E-state index contributed by atoms with van der Waals surface area (Å²) in [5.74, 6) is -0.923. The Labute approximate surface area is 300 Å². The molecule has 3 aliphatic heterocycles. The van der Waals surface area contributed by atoms with Crippen molar-refractivity contribution in [2.45, 2.75) is 78.8 Å². The fourth-order valence-electron chi connectivity index (χ4n) is 6.26. The van der Waals surface area contributed by atoms with E-state index in [1.165, 1.54) is 12.9 Å². The normalized spacial score (nSPS) is 17.2. The average molecular weight is 693 g/mol. The first-order chi connectivity index (χ1) is 24.4. The van der Waals surface area contributed by atoms with E-state index < -0.39 is 11.7 Å². The number of likely N-dealkylation sites (tertiary alicyclic amines) is 1. The fourth-order valence-corrected chi connectivity index (χ4v) is 6.26. The predicted octanol–water partition coefficient (Wildman–Crippen LogP) is 4.58. The molecule has 0 atom stereocenters. The molecule has 3 heterocycles. The van der Waals surface area contributed by atoms with Gasteiger partial charge in [-0.25, -0.2) is 4.39 Å². The van der Waals surface area contributed by atoms with Crippen molar-refractivity contribution < 1.29 is 23.5 Å². The largest absolute Gasteiger partial charge is 0.375 e. The van der Waals surface area contributed by atoms with Gasteiger partial charge >= 0.3 is 0 Å². The van der Waals surface area contributed by atoms with E-state index in [0.717, 1.165) is 58.1 Å². The zero-order chi connectivity index (χ0) is 36.9. The van der Waals surface area contributed by atoms with E-state index in [9.17, 15) is 18.8 Å². The Morgan fingerprint density at radius 2 is 1.50 bits per heavy atom. The molecular formula is C38H58BFN6O4. The molecule has 0 aromatic heterocycles. The second-order valence-electron chi connectivity index (χ2n) is 11.7. The van der Waals surface area contributed by atoms with E-state index in [2.05, 4.69) is 28.6 Å². The Bertz CT molecular complexity index is 1340. The third-order valence-corrected chi connectivity index (χ3v) is 8.76. The van der Waals surface area contributed by atoms with E-state index in [1.54, 1.807) is 41.1 Å². The summed E-state index contributed by atoms with van der Waals surface area (Å²) in [6.45, 7) is 15.1. The summed E-state index contributed by atoms with van der Waals surface area (Å²) in [6.07, 6.45) is 5.71. The number of piperidine rings is 2. The summed E-state index contributed by atoms with van der Waals surface area (Å²) in [5.41, 5.74) is 5.23. The van der Waals surface area contributed by atoms with Gasteiger partial charge in [0.05, 0.1) is 37.9 Å². The zero-order valence-electron chi connectivity index (χ0n) is 31.1. The Balaban J connectivity index is 0.00000137. The second-order valence-corrected chi connectivity index (χ2v) is 11.7. The number of ether oxygens (including phenoxy) is 1. The van der Waals surface area contributed by atoms with Gasteiger partial charge in [-0.05, 0) is 56.5 Å². The molecule has 50 heavy (non-hydrogen) atoms. The standard InChI is InChI=1S/C33H43FN6O4.2C2H6.CH3B/c1-35-37-31(28-5-3-2-4-25(28)23-41)21-24-6-7-30(34)29(20-24)33(43)40-18-16-39(17-19-40)32(42)22-38-14-10-27(11-15-38)44-26-8-12-36-13-9-26;3*1-2/h2-7,20,23,26-27,35-36H,8-19,21-22H2,1H3;2*1-2H3;1H3/b37-31-;;;. The lowest BCUT2D eigenvalue weighted by Gasteiger charge is -2.38.